The van der Waals surface area contributed by atoms with Crippen LogP contribution < -0.4 is 0 Å². The van der Waals surface area contributed by atoms with E-state index in [0.29, 0.717) is 6.54 Å². The summed E-state index contributed by atoms with van der Waals surface area (Å²) in [7, 11) is 0. The number of aliphatic hydroxyl groups excluding tert-OH is 2. The molecule has 2 saturated heterocycles. The van der Waals surface area contributed by atoms with Crippen LogP contribution >= 0.6 is 0 Å². The third-order valence-corrected chi connectivity index (χ3v) is 3.24. The molecule has 2 rings (SSSR count). The SMILES string of the molecule is OC1CCN(C(O)N2CCCCC2)C1. The van der Waals surface area contributed by atoms with Crippen LogP contribution in [0.2, 0.25) is 0 Å². The predicted molar refractivity (Wildman–Crippen MR) is 53.6 cm³/mol. The van der Waals surface area contributed by atoms with Gasteiger partial charge in [0.2, 0.25) is 0 Å². The lowest BCUT2D eigenvalue weighted by Gasteiger charge is -2.35. The highest BCUT2D eigenvalue weighted by atomic mass is 16.3. The number of β-amino-alcohol motifs (C(OH)–C–C–N with tert-alkyl or cyclic N) is 1. The number of piperidine rings is 1. The van der Waals surface area contributed by atoms with Gasteiger partial charge in [-0.3, -0.25) is 9.80 Å². The number of aliphatic hydroxyl groups is 2. The van der Waals surface area contributed by atoms with Crippen LogP contribution in [0.4, 0.5) is 0 Å². The van der Waals surface area contributed by atoms with Crippen molar-refractivity contribution in [3.05, 3.63) is 0 Å². The Morgan fingerprint density at radius 2 is 1.71 bits per heavy atom. The van der Waals surface area contributed by atoms with E-state index in [2.05, 4.69) is 4.90 Å². The first kappa shape index (κ1) is 10.4. The summed E-state index contributed by atoms with van der Waals surface area (Å²) in [6.07, 6.45) is 3.75. The minimum Gasteiger partial charge on any atom is -0.392 e. The smallest absolute Gasteiger partial charge is 0.165 e. The average Bonchev–Trinajstić information content (AvgIpc) is 2.65. The van der Waals surface area contributed by atoms with Gasteiger partial charge in [-0.2, -0.15) is 0 Å². The van der Waals surface area contributed by atoms with E-state index in [4.69, 9.17) is 0 Å². The average molecular weight is 200 g/mol. The number of nitrogens with zero attached hydrogens (tertiary/aromatic N) is 2. The summed E-state index contributed by atoms with van der Waals surface area (Å²) >= 11 is 0. The van der Waals surface area contributed by atoms with Crippen LogP contribution in [0.1, 0.15) is 25.7 Å². The van der Waals surface area contributed by atoms with E-state index in [1.165, 1.54) is 19.3 Å². The van der Waals surface area contributed by atoms with E-state index in [1.807, 2.05) is 4.90 Å². The maximum absolute atomic E-state index is 10.0. The molecule has 2 aliphatic heterocycles. The first-order valence-electron chi connectivity index (χ1n) is 5.61. The maximum atomic E-state index is 10.0. The van der Waals surface area contributed by atoms with E-state index in [0.717, 1.165) is 26.1 Å². The highest BCUT2D eigenvalue weighted by molar-refractivity contribution is 4.77. The van der Waals surface area contributed by atoms with Crippen molar-refractivity contribution < 1.29 is 10.2 Å². The van der Waals surface area contributed by atoms with E-state index < -0.39 is 6.35 Å². The second-order valence-electron chi connectivity index (χ2n) is 4.38. The summed E-state index contributed by atoms with van der Waals surface area (Å²) in [6, 6.07) is 0. The van der Waals surface area contributed by atoms with Crippen LogP contribution in [-0.2, 0) is 0 Å². The van der Waals surface area contributed by atoms with Crippen LogP contribution in [0.3, 0.4) is 0 Å². The molecule has 2 unspecified atom stereocenters. The molecule has 0 aliphatic carbocycles. The summed E-state index contributed by atoms with van der Waals surface area (Å²) < 4.78 is 0. The van der Waals surface area contributed by atoms with Crippen molar-refractivity contribution in [3.63, 3.8) is 0 Å². The molecular formula is C10H20N2O2. The van der Waals surface area contributed by atoms with Crippen molar-refractivity contribution >= 4 is 0 Å². The van der Waals surface area contributed by atoms with Gasteiger partial charge < -0.3 is 10.2 Å². The first-order chi connectivity index (χ1) is 6.77. The lowest BCUT2D eigenvalue weighted by Crippen LogP contribution is -2.49. The second kappa shape index (κ2) is 4.57. The largest absolute Gasteiger partial charge is 0.392 e. The monoisotopic (exact) mass is 200 g/mol. The molecule has 82 valence electrons. The number of hydrogen-bond donors (Lipinski definition) is 2. The van der Waals surface area contributed by atoms with Crippen molar-refractivity contribution in [1.29, 1.82) is 0 Å². The molecular weight excluding hydrogens is 180 g/mol. The van der Waals surface area contributed by atoms with Gasteiger partial charge in [0, 0.05) is 26.2 Å². The van der Waals surface area contributed by atoms with Gasteiger partial charge >= 0.3 is 0 Å². The fourth-order valence-electron chi connectivity index (χ4n) is 2.36. The van der Waals surface area contributed by atoms with Gasteiger partial charge in [-0.15, -0.1) is 0 Å². The molecule has 0 aromatic heterocycles. The van der Waals surface area contributed by atoms with Crippen LogP contribution in [0.15, 0.2) is 0 Å². The zero-order valence-corrected chi connectivity index (χ0v) is 8.60. The quantitative estimate of drug-likeness (QED) is 0.649. The van der Waals surface area contributed by atoms with Crippen LogP contribution in [-0.4, -0.2) is 58.6 Å². The number of likely N-dealkylation sites (tertiary alicyclic amines) is 2. The molecule has 0 bridgehead atoms. The molecule has 2 fully saturated rings. The van der Waals surface area contributed by atoms with Crippen molar-refractivity contribution in [2.75, 3.05) is 26.2 Å². The maximum Gasteiger partial charge on any atom is 0.165 e. The summed E-state index contributed by atoms with van der Waals surface area (Å²) in [4.78, 5) is 4.08. The van der Waals surface area contributed by atoms with E-state index >= 15 is 0 Å². The minimum absolute atomic E-state index is 0.241. The predicted octanol–water partition coefficient (Wildman–Crippen LogP) is -0.185. The minimum atomic E-state index is -0.465. The zero-order chi connectivity index (χ0) is 9.97. The summed E-state index contributed by atoms with van der Waals surface area (Å²) in [5, 5.41) is 19.4. The molecule has 0 radical (unpaired) electrons. The summed E-state index contributed by atoms with van der Waals surface area (Å²) in [5.74, 6) is 0. The number of rotatable bonds is 2. The molecule has 2 aliphatic rings. The Morgan fingerprint density at radius 3 is 2.29 bits per heavy atom. The van der Waals surface area contributed by atoms with Crippen molar-refractivity contribution in [3.8, 4) is 0 Å². The molecule has 4 heteroatoms. The first-order valence-corrected chi connectivity index (χ1v) is 5.61. The Bertz CT molecular complexity index is 178. The standard InChI is InChI=1S/C10H20N2O2/c13-9-4-7-12(8-9)10(14)11-5-2-1-3-6-11/h9-10,13-14H,1-8H2. The Balaban J connectivity index is 1.84. The normalized spacial score (nSPS) is 33.4. The number of hydrogen-bond acceptors (Lipinski definition) is 4. The van der Waals surface area contributed by atoms with E-state index in [9.17, 15) is 10.2 Å². The lowest BCUT2D eigenvalue weighted by atomic mass is 10.1. The zero-order valence-electron chi connectivity index (χ0n) is 8.60. The fourth-order valence-corrected chi connectivity index (χ4v) is 2.36. The molecule has 4 nitrogen and oxygen atoms in total. The van der Waals surface area contributed by atoms with Gasteiger partial charge in [0.25, 0.3) is 0 Å². The third kappa shape index (κ3) is 2.25. The van der Waals surface area contributed by atoms with Crippen molar-refractivity contribution in [2.24, 2.45) is 0 Å². The Labute approximate surface area is 85.1 Å². The van der Waals surface area contributed by atoms with Gasteiger partial charge in [-0.1, -0.05) is 6.42 Å². The molecule has 0 aromatic carbocycles. The Hall–Kier alpha value is -0.160. The van der Waals surface area contributed by atoms with Crippen LogP contribution in [0.25, 0.3) is 0 Å². The molecule has 0 amide bonds. The molecule has 2 heterocycles. The summed E-state index contributed by atoms with van der Waals surface area (Å²) in [6.45, 7) is 3.43. The van der Waals surface area contributed by atoms with Crippen molar-refractivity contribution in [2.45, 2.75) is 38.1 Å². The van der Waals surface area contributed by atoms with Gasteiger partial charge in [0.1, 0.15) is 0 Å². The third-order valence-electron chi connectivity index (χ3n) is 3.24. The van der Waals surface area contributed by atoms with E-state index in [-0.39, 0.29) is 6.10 Å². The molecule has 2 N–H and O–H groups in total. The van der Waals surface area contributed by atoms with Crippen molar-refractivity contribution in [1.82, 2.24) is 9.80 Å². The van der Waals surface area contributed by atoms with Gasteiger partial charge in [-0.25, -0.2) is 0 Å². The van der Waals surface area contributed by atoms with Gasteiger partial charge in [0.15, 0.2) is 6.35 Å². The molecule has 0 aromatic rings. The Kier molecular flexibility index (Phi) is 3.38. The molecule has 0 spiro atoms. The highest BCUT2D eigenvalue weighted by Gasteiger charge is 2.29. The highest BCUT2D eigenvalue weighted by Crippen LogP contribution is 2.17. The summed E-state index contributed by atoms with van der Waals surface area (Å²) in [5.41, 5.74) is 0. The lowest BCUT2D eigenvalue weighted by molar-refractivity contribution is -0.112. The Morgan fingerprint density at radius 1 is 1.00 bits per heavy atom. The van der Waals surface area contributed by atoms with Gasteiger partial charge in [-0.05, 0) is 19.3 Å². The molecule has 0 saturated carbocycles. The topological polar surface area (TPSA) is 46.9 Å². The van der Waals surface area contributed by atoms with Crippen LogP contribution in [0, 0.1) is 0 Å². The van der Waals surface area contributed by atoms with Crippen LogP contribution in [0.5, 0.6) is 0 Å². The fraction of sp³-hybridized carbons (Fsp3) is 1.00. The molecule has 14 heavy (non-hydrogen) atoms. The van der Waals surface area contributed by atoms with E-state index in [1.54, 1.807) is 0 Å². The van der Waals surface area contributed by atoms with Gasteiger partial charge in [0.05, 0.1) is 6.10 Å². The molecule has 2 atom stereocenters. The second-order valence-corrected chi connectivity index (χ2v) is 4.38.